The molecule has 7 nitrogen and oxygen atoms in total. The Morgan fingerprint density at radius 2 is 1.93 bits per heavy atom. The minimum atomic E-state index is -0.559. The lowest BCUT2D eigenvalue weighted by molar-refractivity contribution is -0.120. The molecule has 3 aromatic rings. The van der Waals surface area contributed by atoms with Gasteiger partial charge in [-0.25, -0.2) is 9.78 Å². The minimum Gasteiger partial charge on any atom is -0.456 e. The minimum absolute atomic E-state index is 0.142. The predicted molar refractivity (Wildman–Crippen MR) is 113 cm³/mol. The second-order valence-electron chi connectivity index (χ2n) is 7.94. The summed E-state index contributed by atoms with van der Waals surface area (Å²) >= 11 is 1.46. The van der Waals surface area contributed by atoms with Gasteiger partial charge in [-0.15, -0.1) is 11.3 Å². The van der Waals surface area contributed by atoms with Gasteiger partial charge in [0.05, 0.1) is 22.2 Å². The lowest BCUT2D eigenvalue weighted by atomic mass is 10.1. The van der Waals surface area contributed by atoms with E-state index in [-0.39, 0.29) is 25.1 Å². The maximum atomic E-state index is 12.4. The van der Waals surface area contributed by atoms with E-state index in [0.717, 1.165) is 15.8 Å². The first kappa shape index (κ1) is 20.2. The van der Waals surface area contributed by atoms with Gasteiger partial charge in [0.15, 0.2) is 11.5 Å². The third kappa shape index (κ3) is 4.71. The molecule has 0 bridgehead atoms. The number of carbonyl (C=O) groups excluding carboxylic acids is 2. The Kier molecular flexibility index (Phi) is 5.34. The van der Waals surface area contributed by atoms with Crippen molar-refractivity contribution in [2.75, 3.05) is 6.79 Å². The molecule has 1 aliphatic heterocycles. The quantitative estimate of drug-likeness (QED) is 0.624. The molecule has 0 saturated carbocycles. The summed E-state index contributed by atoms with van der Waals surface area (Å²) in [5.74, 6) is 0.850. The number of thiazole rings is 1. The molecule has 0 radical (unpaired) electrons. The number of esters is 1. The van der Waals surface area contributed by atoms with E-state index >= 15 is 0 Å². The topological polar surface area (TPSA) is 86.8 Å². The average molecular weight is 426 g/mol. The van der Waals surface area contributed by atoms with Crippen LogP contribution in [0.3, 0.4) is 0 Å². The van der Waals surface area contributed by atoms with Crippen LogP contribution in [-0.2, 0) is 22.5 Å². The molecule has 4 rings (SSSR count). The van der Waals surface area contributed by atoms with Gasteiger partial charge in [-0.2, -0.15) is 0 Å². The second kappa shape index (κ2) is 7.95. The molecule has 1 amide bonds. The van der Waals surface area contributed by atoms with Crippen LogP contribution in [0.4, 0.5) is 0 Å². The number of benzene rings is 2. The van der Waals surface area contributed by atoms with Gasteiger partial charge in [0.2, 0.25) is 12.7 Å². The van der Waals surface area contributed by atoms with Gasteiger partial charge in [-0.1, -0.05) is 12.1 Å². The lowest BCUT2D eigenvalue weighted by Gasteiger charge is -2.19. The zero-order valence-electron chi connectivity index (χ0n) is 17.0. The summed E-state index contributed by atoms with van der Waals surface area (Å²) in [6.45, 7) is 6.01. The van der Waals surface area contributed by atoms with E-state index in [0.29, 0.717) is 28.6 Å². The number of rotatable bonds is 5. The van der Waals surface area contributed by atoms with Gasteiger partial charge in [-0.05, 0) is 38.5 Å². The van der Waals surface area contributed by atoms with Crippen molar-refractivity contribution >= 4 is 33.4 Å². The Labute approximate surface area is 178 Å². The monoisotopic (exact) mass is 426 g/mol. The van der Waals surface area contributed by atoms with Crippen LogP contribution in [0.5, 0.6) is 11.5 Å². The van der Waals surface area contributed by atoms with Crippen LogP contribution in [0, 0.1) is 0 Å². The van der Waals surface area contributed by atoms with Crippen molar-refractivity contribution in [1.29, 1.82) is 0 Å². The molecule has 2 aromatic carbocycles. The van der Waals surface area contributed by atoms with Crippen LogP contribution in [-0.4, -0.2) is 29.3 Å². The van der Waals surface area contributed by atoms with E-state index in [1.165, 1.54) is 11.3 Å². The number of nitrogens with zero attached hydrogens (tertiary/aromatic N) is 1. The van der Waals surface area contributed by atoms with E-state index in [1.54, 1.807) is 18.2 Å². The Morgan fingerprint density at radius 1 is 1.17 bits per heavy atom. The molecule has 0 unspecified atom stereocenters. The highest BCUT2D eigenvalue weighted by atomic mass is 32.1. The lowest BCUT2D eigenvalue weighted by Crippen LogP contribution is -2.25. The van der Waals surface area contributed by atoms with E-state index in [9.17, 15) is 9.59 Å². The van der Waals surface area contributed by atoms with Gasteiger partial charge < -0.3 is 19.5 Å². The Bertz CT molecular complexity index is 1080. The summed E-state index contributed by atoms with van der Waals surface area (Å²) in [4.78, 5) is 29.1. The Balaban J connectivity index is 1.36. The van der Waals surface area contributed by atoms with Crippen molar-refractivity contribution < 1.29 is 23.8 Å². The number of hydrogen-bond donors (Lipinski definition) is 1. The largest absolute Gasteiger partial charge is 0.456 e. The molecule has 0 aliphatic carbocycles. The average Bonchev–Trinajstić information content (AvgIpc) is 3.28. The van der Waals surface area contributed by atoms with Crippen LogP contribution in [0.25, 0.3) is 10.2 Å². The molecule has 156 valence electrons. The van der Waals surface area contributed by atoms with Crippen LogP contribution < -0.4 is 14.8 Å². The normalized spacial score (nSPS) is 12.8. The molecule has 1 aliphatic rings. The molecule has 0 saturated heterocycles. The molecular weight excluding hydrogens is 404 g/mol. The van der Waals surface area contributed by atoms with Crippen LogP contribution in [0.1, 0.15) is 41.7 Å². The van der Waals surface area contributed by atoms with E-state index in [1.807, 2.05) is 39.0 Å². The van der Waals surface area contributed by atoms with Crippen LogP contribution >= 0.6 is 11.3 Å². The maximum absolute atomic E-state index is 12.4. The zero-order chi connectivity index (χ0) is 21.3. The number of fused-ring (bicyclic) bond motifs is 2. The highest BCUT2D eigenvalue weighted by Gasteiger charge is 2.19. The van der Waals surface area contributed by atoms with Gasteiger partial charge in [0.25, 0.3) is 0 Å². The molecule has 2 heterocycles. The van der Waals surface area contributed by atoms with Crippen molar-refractivity contribution in [2.45, 2.75) is 39.3 Å². The smallest absolute Gasteiger partial charge is 0.338 e. The summed E-state index contributed by atoms with van der Waals surface area (Å²) in [5, 5.41) is 3.59. The highest BCUT2D eigenvalue weighted by molar-refractivity contribution is 7.18. The van der Waals surface area contributed by atoms with Crippen molar-refractivity contribution in [3.8, 4) is 11.5 Å². The van der Waals surface area contributed by atoms with Crippen LogP contribution in [0.15, 0.2) is 36.4 Å². The summed E-state index contributed by atoms with van der Waals surface area (Å²) in [6.07, 6.45) is 0.178. The third-order valence-electron chi connectivity index (χ3n) is 4.29. The number of hydrogen-bond acceptors (Lipinski definition) is 7. The molecule has 0 spiro atoms. The molecule has 0 fully saturated rings. The van der Waals surface area contributed by atoms with Crippen molar-refractivity contribution in [3.63, 3.8) is 0 Å². The SMILES string of the molecule is CC(C)(C)OC(=O)c1cccc(CNC(=O)Cc2nc3cc4c(cc3s2)OCO4)c1. The standard InChI is InChI=1S/C22H22N2O5S/c1-22(2,3)29-21(26)14-6-4-5-13(7-14)11-23-19(25)10-20-24-15-8-16-17(28-12-27-16)9-18(15)30-20/h4-9H,10-12H2,1-3H3,(H,23,25). The second-order valence-corrected chi connectivity index (χ2v) is 9.05. The Morgan fingerprint density at radius 3 is 2.70 bits per heavy atom. The fraction of sp³-hybridized carbons (Fsp3) is 0.318. The number of amides is 1. The van der Waals surface area contributed by atoms with E-state index in [4.69, 9.17) is 14.2 Å². The van der Waals surface area contributed by atoms with E-state index in [2.05, 4.69) is 10.3 Å². The van der Waals surface area contributed by atoms with Crippen molar-refractivity contribution in [3.05, 3.63) is 52.5 Å². The molecule has 8 heteroatoms. The molecule has 1 N–H and O–H groups in total. The van der Waals surface area contributed by atoms with Crippen molar-refractivity contribution in [1.82, 2.24) is 10.3 Å². The molecule has 30 heavy (non-hydrogen) atoms. The first-order chi connectivity index (χ1) is 14.3. The van der Waals surface area contributed by atoms with Gasteiger partial charge in [0, 0.05) is 18.7 Å². The summed E-state index contributed by atoms with van der Waals surface area (Å²) in [6, 6.07) is 10.8. The molecule has 1 aromatic heterocycles. The predicted octanol–water partition coefficient (Wildman–Crippen LogP) is 3.84. The van der Waals surface area contributed by atoms with Gasteiger partial charge >= 0.3 is 5.97 Å². The van der Waals surface area contributed by atoms with Crippen LogP contribution in [0.2, 0.25) is 0 Å². The first-order valence-corrected chi connectivity index (χ1v) is 10.4. The van der Waals surface area contributed by atoms with Gasteiger partial charge in [-0.3, -0.25) is 4.79 Å². The summed E-state index contributed by atoms with van der Waals surface area (Å²) < 4.78 is 17.1. The third-order valence-corrected chi connectivity index (χ3v) is 5.31. The number of carbonyl (C=O) groups is 2. The Hall–Kier alpha value is -3.13. The maximum Gasteiger partial charge on any atom is 0.338 e. The van der Waals surface area contributed by atoms with E-state index < -0.39 is 5.60 Å². The molecule has 0 atom stereocenters. The first-order valence-electron chi connectivity index (χ1n) is 9.55. The molecular formula is C22H22N2O5S. The fourth-order valence-electron chi connectivity index (χ4n) is 2.99. The number of ether oxygens (including phenoxy) is 3. The fourth-order valence-corrected chi connectivity index (χ4v) is 3.96. The zero-order valence-corrected chi connectivity index (χ0v) is 17.8. The number of nitrogens with one attached hydrogen (secondary N) is 1. The highest BCUT2D eigenvalue weighted by Crippen LogP contribution is 2.37. The summed E-state index contributed by atoms with van der Waals surface area (Å²) in [7, 11) is 0. The van der Waals surface area contributed by atoms with Crippen molar-refractivity contribution in [2.24, 2.45) is 0 Å². The summed E-state index contributed by atoms with van der Waals surface area (Å²) in [5.41, 5.74) is 1.51. The van der Waals surface area contributed by atoms with Gasteiger partial charge in [0.1, 0.15) is 10.6 Å². The number of aromatic nitrogens is 1.